The Kier molecular flexibility index (Phi) is 6.63. The van der Waals surface area contributed by atoms with E-state index in [4.69, 9.17) is 9.47 Å². The van der Waals surface area contributed by atoms with Gasteiger partial charge in [-0.1, -0.05) is 18.2 Å². The fourth-order valence-corrected chi connectivity index (χ4v) is 4.30. The van der Waals surface area contributed by atoms with Crippen molar-refractivity contribution in [2.24, 2.45) is 0 Å². The zero-order chi connectivity index (χ0) is 20.9. The molecule has 8 nitrogen and oxygen atoms in total. The minimum Gasteiger partial charge on any atom is -0.480 e. The average molecular weight is 418 g/mol. The molecule has 0 aliphatic carbocycles. The van der Waals surface area contributed by atoms with Gasteiger partial charge in [-0.15, -0.1) is 0 Å². The second kappa shape index (κ2) is 9.17. The Bertz CT molecular complexity index is 986. The number of hydrogen-bond acceptors (Lipinski definition) is 6. The summed E-state index contributed by atoms with van der Waals surface area (Å²) in [6, 6.07) is 12.7. The smallest absolute Gasteiger partial charge is 0.265 e. The van der Waals surface area contributed by atoms with Crippen molar-refractivity contribution in [1.29, 1.82) is 0 Å². The van der Waals surface area contributed by atoms with Crippen LogP contribution in [0.1, 0.15) is 17.3 Å². The molecule has 2 aromatic carbocycles. The summed E-state index contributed by atoms with van der Waals surface area (Å²) in [7, 11) is -3.67. The van der Waals surface area contributed by atoms with Crippen molar-refractivity contribution in [2.45, 2.75) is 17.9 Å². The molecule has 0 unspecified atom stereocenters. The van der Waals surface area contributed by atoms with Gasteiger partial charge in [0.05, 0.1) is 23.7 Å². The lowest BCUT2D eigenvalue weighted by Crippen LogP contribution is -2.40. The first-order valence-electron chi connectivity index (χ1n) is 9.11. The highest BCUT2D eigenvalue weighted by molar-refractivity contribution is 7.89. The predicted octanol–water partition coefficient (Wildman–Crippen LogP) is 1.93. The molecule has 0 bridgehead atoms. The van der Waals surface area contributed by atoms with Crippen molar-refractivity contribution in [2.75, 3.05) is 31.6 Å². The molecule has 1 heterocycles. The van der Waals surface area contributed by atoms with Gasteiger partial charge in [-0.2, -0.15) is 4.31 Å². The zero-order valence-electron chi connectivity index (χ0n) is 15.9. The second-order valence-electron chi connectivity index (χ2n) is 6.45. The quantitative estimate of drug-likeness (QED) is 0.690. The van der Waals surface area contributed by atoms with Gasteiger partial charge in [-0.25, -0.2) is 8.42 Å². The van der Waals surface area contributed by atoms with E-state index in [0.29, 0.717) is 49.6 Å². The largest absolute Gasteiger partial charge is 0.480 e. The Morgan fingerprint density at radius 3 is 2.62 bits per heavy atom. The van der Waals surface area contributed by atoms with Gasteiger partial charge in [-0.3, -0.25) is 9.59 Å². The Morgan fingerprint density at radius 1 is 1.17 bits per heavy atom. The topological polar surface area (TPSA) is 102 Å². The van der Waals surface area contributed by atoms with Crippen LogP contribution in [-0.2, 0) is 19.6 Å². The van der Waals surface area contributed by atoms with E-state index in [1.165, 1.54) is 16.4 Å². The number of benzene rings is 2. The van der Waals surface area contributed by atoms with Gasteiger partial charge in [0, 0.05) is 18.8 Å². The number of amides is 1. The Labute approximate surface area is 169 Å². The maximum atomic E-state index is 12.8. The zero-order valence-corrected chi connectivity index (χ0v) is 16.7. The van der Waals surface area contributed by atoms with Crippen molar-refractivity contribution >= 4 is 27.9 Å². The number of carbonyl (C=O) groups excluding carboxylic acids is 2. The number of anilines is 1. The number of nitrogens with zero attached hydrogens (tertiary/aromatic N) is 1. The Balaban J connectivity index is 1.70. The molecule has 1 atom stereocenters. The SMILES string of the molecule is C[C@@H](Oc1ccccc1C=O)C(=O)Nc1cccc(S(=O)(=O)N2CCOCC2)c1. The highest BCUT2D eigenvalue weighted by Gasteiger charge is 2.26. The number of carbonyl (C=O) groups is 2. The molecule has 3 rings (SSSR count). The van der Waals surface area contributed by atoms with Gasteiger partial charge in [0.2, 0.25) is 10.0 Å². The summed E-state index contributed by atoms with van der Waals surface area (Å²) in [5, 5.41) is 2.65. The molecule has 0 radical (unpaired) electrons. The van der Waals surface area contributed by atoms with Crippen LogP contribution in [0.25, 0.3) is 0 Å². The van der Waals surface area contributed by atoms with Crippen LogP contribution in [0, 0.1) is 0 Å². The van der Waals surface area contributed by atoms with Crippen molar-refractivity contribution in [3.63, 3.8) is 0 Å². The molecule has 1 fully saturated rings. The number of para-hydroxylation sites is 1. The summed E-state index contributed by atoms with van der Waals surface area (Å²) < 4.78 is 37.7. The molecule has 9 heteroatoms. The summed E-state index contributed by atoms with van der Waals surface area (Å²) in [4.78, 5) is 23.7. The molecule has 1 aliphatic rings. The number of nitrogens with one attached hydrogen (secondary N) is 1. The van der Waals surface area contributed by atoms with Gasteiger partial charge < -0.3 is 14.8 Å². The lowest BCUT2D eigenvalue weighted by molar-refractivity contribution is -0.122. The Hall–Kier alpha value is -2.75. The molecule has 2 aromatic rings. The summed E-state index contributed by atoms with van der Waals surface area (Å²) in [5.41, 5.74) is 0.675. The van der Waals surface area contributed by atoms with Crippen molar-refractivity contribution in [3.8, 4) is 5.75 Å². The summed E-state index contributed by atoms with van der Waals surface area (Å²) in [5.74, 6) is -0.166. The summed E-state index contributed by atoms with van der Waals surface area (Å²) in [6.45, 7) is 2.84. The van der Waals surface area contributed by atoms with E-state index in [1.807, 2.05) is 0 Å². The van der Waals surface area contributed by atoms with Crippen molar-refractivity contribution < 1.29 is 27.5 Å². The highest BCUT2D eigenvalue weighted by Crippen LogP contribution is 2.22. The second-order valence-corrected chi connectivity index (χ2v) is 8.39. The van der Waals surface area contributed by atoms with Crippen LogP contribution >= 0.6 is 0 Å². The van der Waals surface area contributed by atoms with E-state index in [-0.39, 0.29) is 4.90 Å². The van der Waals surface area contributed by atoms with E-state index in [2.05, 4.69) is 5.32 Å². The van der Waals surface area contributed by atoms with E-state index in [1.54, 1.807) is 43.3 Å². The number of morpholine rings is 1. The fraction of sp³-hybridized carbons (Fsp3) is 0.300. The number of hydrogen-bond donors (Lipinski definition) is 1. The lowest BCUT2D eigenvalue weighted by Gasteiger charge is -2.26. The predicted molar refractivity (Wildman–Crippen MR) is 107 cm³/mol. The third kappa shape index (κ3) is 5.00. The van der Waals surface area contributed by atoms with E-state index in [9.17, 15) is 18.0 Å². The van der Waals surface area contributed by atoms with Crippen LogP contribution in [0.2, 0.25) is 0 Å². The third-order valence-corrected chi connectivity index (χ3v) is 6.32. The molecule has 0 spiro atoms. The van der Waals surface area contributed by atoms with Gasteiger partial charge in [0.25, 0.3) is 5.91 Å². The van der Waals surface area contributed by atoms with Gasteiger partial charge in [0.15, 0.2) is 12.4 Å². The van der Waals surface area contributed by atoms with Crippen molar-refractivity contribution in [1.82, 2.24) is 4.31 Å². The van der Waals surface area contributed by atoms with Crippen LogP contribution in [0.15, 0.2) is 53.4 Å². The first-order chi connectivity index (χ1) is 13.9. The molecule has 154 valence electrons. The van der Waals surface area contributed by atoms with Gasteiger partial charge in [0.1, 0.15) is 5.75 Å². The third-order valence-electron chi connectivity index (χ3n) is 4.43. The lowest BCUT2D eigenvalue weighted by atomic mass is 10.2. The molecule has 1 saturated heterocycles. The Morgan fingerprint density at radius 2 is 1.90 bits per heavy atom. The molecule has 0 saturated carbocycles. The van der Waals surface area contributed by atoms with Crippen molar-refractivity contribution in [3.05, 3.63) is 54.1 Å². The molecule has 1 aliphatic heterocycles. The number of aldehydes is 1. The van der Waals surface area contributed by atoms with E-state index in [0.717, 1.165) is 0 Å². The summed E-state index contributed by atoms with van der Waals surface area (Å²) in [6.07, 6.45) is -0.240. The molecule has 0 aromatic heterocycles. The maximum Gasteiger partial charge on any atom is 0.265 e. The minimum absolute atomic E-state index is 0.0945. The number of ether oxygens (including phenoxy) is 2. The highest BCUT2D eigenvalue weighted by atomic mass is 32.2. The molecule has 1 amide bonds. The fourth-order valence-electron chi connectivity index (χ4n) is 2.84. The average Bonchev–Trinajstić information content (AvgIpc) is 2.75. The monoisotopic (exact) mass is 418 g/mol. The van der Waals surface area contributed by atoms with Crippen LogP contribution in [0.3, 0.4) is 0 Å². The molecule has 1 N–H and O–H groups in total. The van der Waals surface area contributed by atoms with Crippen LogP contribution < -0.4 is 10.1 Å². The maximum absolute atomic E-state index is 12.8. The summed E-state index contributed by atoms with van der Waals surface area (Å²) >= 11 is 0. The standard InChI is InChI=1S/C20H22N2O6S/c1-15(28-19-8-3-2-5-16(19)14-23)20(24)21-17-6-4-7-18(13-17)29(25,26)22-9-11-27-12-10-22/h2-8,13-15H,9-12H2,1H3,(H,21,24)/t15-/m1/s1. The minimum atomic E-state index is -3.67. The van der Waals surface area contributed by atoms with Crippen LogP contribution in [0.5, 0.6) is 5.75 Å². The normalized spacial score (nSPS) is 16.0. The number of sulfonamides is 1. The molecule has 29 heavy (non-hydrogen) atoms. The van der Waals surface area contributed by atoms with Gasteiger partial charge in [-0.05, 0) is 37.3 Å². The van der Waals surface area contributed by atoms with Crippen LogP contribution in [-0.4, -0.2) is 57.3 Å². The molecular weight excluding hydrogens is 396 g/mol. The van der Waals surface area contributed by atoms with Gasteiger partial charge >= 0.3 is 0 Å². The first kappa shape index (κ1) is 21.0. The first-order valence-corrected chi connectivity index (χ1v) is 10.6. The van der Waals surface area contributed by atoms with E-state index >= 15 is 0 Å². The van der Waals surface area contributed by atoms with Crippen LogP contribution in [0.4, 0.5) is 5.69 Å². The number of rotatable bonds is 7. The molecular formula is C20H22N2O6S. The van der Waals surface area contributed by atoms with E-state index < -0.39 is 22.0 Å².